The molecule has 33 heavy (non-hydrogen) atoms. The minimum absolute atomic E-state index is 0.0554. The predicted molar refractivity (Wildman–Crippen MR) is 112 cm³/mol. The van der Waals surface area contributed by atoms with Crippen molar-refractivity contribution in [2.45, 2.75) is 18.9 Å². The molecular weight excluding hydrogens is 465 g/mol. The van der Waals surface area contributed by atoms with Gasteiger partial charge in [0.15, 0.2) is 30.1 Å². The first-order valence-corrected chi connectivity index (χ1v) is 10.0. The van der Waals surface area contributed by atoms with Gasteiger partial charge in [-0.25, -0.2) is 13.2 Å². The number of fused-ring (bicyclic) bond motifs is 1. The summed E-state index contributed by atoms with van der Waals surface area (Å²) in [5, 5.41) is 4.92. The van der Waals surface area contributed by atoms with Crippen LogP contribution in [0.15, 0.2) is 42.6 Å². The molecular formula is C22H18ClF3N2O5. The first-order chi connectivity index (χ1) is 15.6. The summed E-state index contributed by atoms with van der Waals surface area (Å²) in [6.07, 6.45) is -1.38. The van der Waals surface area contributed by atoms with E-state index in [1.165, 1.54) is 12.1 Å². The number of hydrogen-bond acceptors (Lipinski definition) is 5. The standard InChI is InChI=1S/C22H18ClF3N2O5/c1-11(28-21(30)10-32-12-2-3-14(23)15(24)6-12)4-5-27-22(31)20-9-18(29)13-7-16(25)17(26)8-19(13)33-20/h2-3,6-8,20H,1,4-5,9-10H2,(H,27,31)(H,28,30). The quantitative estimate of drug-likeness (QED) is 0.602. The van der Waals surface area contributed by atoms with Crippen molar-refractivity contribution in [3.05, 3.63) is 70.6 Å². The smallest absolute Gasteiger partial charge is 0.262 e. The second kappa shape index (κ2) is 10.4. The summed E-state index contributed by atoms with van der Waals surface area (Å²) >= 11 is 5.57. The Morgan fingerprint density at radius 2 is 1.88 bits per heavy atom. The molecule has 0 saturated carbocycles. The highest BCUT2D eigenvalue weighted by Crippen LogP contribution is 2.30. The minimum atomic E-state index is -1.20. The molecule has 0 aromatic heterocycles. The molecule has 2 aromatic rings. The Morgan fingerprint density at radius 3 is 2.61 bits per heavy atom. The molecule has 1 atom stereocenters. The lowest BCUT2D eigenvalue weighted by molar-refractivity contribution is -0.128. The van der Waals surface area contributed by atoms with Crippen LogP contribution in [0.3, 0.4) is 0 Å². The van der Waals surface area contributed by atoms with Crippen molar-refractivity contribution in [3.63, 3.8) is 0 Å². The average Bonchev–Trinajstić information content (AvgIpc) is 2.75. The van der Waals surface area contributed by atoms with Crippen molar-refractivity contribution in [3.8, 4) is 11.5 Å². The maximum atomic E-state index is 13.4. The second-order valence-corrected chi connectivity index (χ2v) is 7.46. The van der Waals surface area contributed by atoms with Crippen molar-refractivity contribution in [1.29, 1.82) is 0 Å². The fraction of sp³-hybridized carbons (Fsp3) is 0.227. The van der Waals surface area contributed by atoms with Gasteiger partial charge in [-0.05, 0) is 18.2 Å². The highest BCUT2D eigenvalue weighted by atomic mass is 35.5. The summed E-state index contributed by atoms with van der Waals surface area (Å²) in [6.45, 7) is 3.32. The van der Waals surface area contributed by atoms with Crippen LogP contribution in [0.25, 0.3) is 0 Å². The first kappa shape index (κ1) is 24.1. The van der Waals surface area contributed by atoms with Gasteiger partial charge in [-0.1, -0.05) is 18.2 Å². The molecule has 11 heteroatoms. The van der Waals surface area contributed by atoms with E-state index in [1.54, 1.807) is 0 Å². The van der Waals surface area contributed by atoms with E-state index in [9.17, 15) is 27.6 Å². The van der Waals surface area contributed by atoms with Gasteiger partial charge in [-0.15, -0.1) is 0 Å². The Labute approximate surface area is 191 Å². The number of carbonyl (C=O) groups excluding carboxylic acids is 3. The third-order valence-corrected chi connectivity index (χ3v) is 4.87. The van der Waals surface area contributed by atoms with E-state index in [0.717, 1.165) is 18.2 Å². The lowest BCUT2D eigenvalue weighted by Crippen LogP contribution is -2.42. The molecule has 3 rings (SSSR count). The summed E-state index contributed by atoms with van der Waals surface area (Å²) in [7, 11) is 0. The Hall–Kier alpha value is -3.53. The van der Waals surface area contributed by atoms with Crippen LogP contribution in [0.4, 0.5) is 13.2 Å². The number of Topliss-reactive ketones (excluding diaryl/α,β-unsaturated/α-hetero) is 1. The van der Waals surface area contributed by atoms with E-state index in [-0.39, 0.29) is 47.2 Å². The van der Waals surface area contributed by atoms with Gasteiger partial charge in [0.05, 0.1) is 17.0 Å². The van der Waals surface area contributed by atoms with Gasteiger partial charge >= 0.3 is 0 Å². The monoisotopic (exact) mass is 482 g/mol. The molecule has 2 aromatic carbocycles. The Bertz CT molecular complexity index is 1130. The average molecular weight is 483 g/mol. The summed E-state index contributed by atoms with van der Waals surface area (Å²) in [5.74, 6) is -4.87. The lowest BCUT2D eigenvalue weighted by atomic mass is 10.00. The van der Waals surface area contributed by atoms with Gasteiger partial charge in [-0.2, -0.15) is 0 Å². The zero-order chi connectivity index (χ0) is 24.1. The van der Waals surface area contributed by atoms with Crippen molar-refractivity contribution in [2.75, 3.05) is 13.2 Å². The molecule has 0 bridgehead atoms. The fourth-order valence-corrected chi connectivity index (χ4v) is 3.04. The van der Waals surface area contributed by atoms with Crippen molar-refractivity contribution < 1.29 is 37.0 Å². The normalized spacial score (nSPS) is 14.7. The Morgan fingerprint density at radius 1 is 1.15 bits per heavy atom. The van der Waals surface area contributed by atoms with Gasteiger partial charge in [0, 0.05) is 30.8 Å². The lowest BCUT2D eigenvalue weighted by Gasteiger charge is -2.24. The SMILES string of the molecule is C=C(CCNC(=O)C1CC(=O)c2cc(F)c(F)cc2O1)NC(=O)COc1ccc(Cl)c(F)c1. The van der Waals surface area contributed by atoms with Gasteiger partial charge in [0.25, 0.3) is 11.8 Å². The minimum Gasteiger partial charge on any atom is -0.484 e. The molecule has 0 fully saturated rings. The molecule has 1 unspecified atom stereocenters. The topological polar surface area (TPSA) is 93.7 Å². The summed E-state index contributed by atoms with van der Waals surface area (Å²) < 4.78 is 50.6. The van der Waals surface area contributed by atoms with Crippen molar-refractivity contribution >= 4 is 29.2 Å². The Balaban J connectivity index is 1.41. The highest BCUT2D eigenvalue weighted by molar-refractivity contribution is 6.30. The summed E-state index contributed by atoms with van der Waals surface area (Å²) in [6, 6.07) is 5.20. The van der Waals surface area contributed by atoms with E-state index < -0.39 is 47.8 Å². The van der Waals surface area contributed by atoms with E-state index in [1.807, 2.05) is 0 Å². The molecule has 1 heterocycles. The molecule has 1 aliphatic heterocycles. The van der Waals surface area contributed by atoms with Crippen LogP contribution < -0.4 is 20.1 Å². The fourth-order valence-electron chi connectivity index (χ4n) is 2.93. The molecule has 0 saturated heterocycles. The van der Waals surface area contributed by atoms with Gasteiger partial charge in [0.2, 0.25) is 0 Å². The van der Waals surface area contributed by atoms with E-state index in [0.29, 0.717) is 0 Å². The van der Waals surface area contributed by atoms with Crippen LogP contribution in [-0.2, 0) is 9.59 Å². The largest absolute Gasteiger partial charge is 0.484 e. The van der Waals surface area contributed by atoms with Crippen molar-refractivity contribution in [1.82, 2.24) is 10.6 Å². The summed E-state index contributed by atoms with van der Waals surface area (Å²) in [5.41, 5.74) is 0.146. The predicted octanol–water partition coefficient (Wildman–Crippen LogP) is 3.31. The number of nitrogens with one attached hydrogen (secondary N) is 2. The van der Waals surface area contributed by atoms with E-state index in [2.05, 4.69) is 17.2 Å². The van der Waals surface area contributed by atoms with Crippen LogP contribution in [0.1, 0.15) is 23.2 Å². The maximum Gasteiger partial charge on any atom is 0.262 e. The van der Waals surface area contributed by atoms with Crippen LogP contribution in [0.2, 0.25) is 5.02 Å². The van der Waals surface area contributed by atoms with E-state index >= 15 is 0 Å². The number of ether oxygens (including phenoxy) is 2. The molecule has 174 valence electrons. The molecule has 0 radical (unpaired) electrons. The Kier molecular flexibility index (Phi) is 7.59. The van der Waals surface area contributed by atoms with Crippen LogP contribution in [0.5, 0.6) is 11.5 Å². The second-order valence-electron chi connectivity index (χ2n) is 7.05. The molecule has 0 aliphatic carbocycles. The maximum absolute atomic E-state index is 13.4. The molecule has 7 nitrogen and oxygen atoms in total. The zero-order valence-corrected chi connectivity index (χ0v) is 17.8. The van der Waals surface area contributed by atoms with Gasteiger partial charge in [0.1, 0.15) is 17.3 Å². The third-order valence-electron chi connectivity index (χ3n) is 4.56. The van der Waals surface area contributed by atoms with Crippen LogP contribution in [0, 0.1) is 17.5 Å². The van der Waals surface area contributed by atoms with E-state index in [4.69, 9.17) is 21.1 Å². The van der Waals surface area contributed by atoms with Gasteiger partial charge < -0.3 is 20.1 Å². The number of ketones is 1. The van der Waals surface area contributed by atoms with Gasteiger partial charge in [-0.3, -0.25) is 14.4 Å². The molecule has 2 N–H and O–H groups in total. The number of halogens is 4. The third kappa shape index (κ3) is 6.26. The number of benzene rings is 2. The zero-order valence-electron chi connectivity index (χ0n) is 17.1. The molecule has 2 amide bonds. The highest BCUT2D eigenvalue weighted by Gasteiger charge is 2.32. The number of carbonyl (C=O) groups is 3. The number of rotatable bonds is 8. The number of hydrogen-bond donors (Lipinski definition) is 2. The summed E-state index contributed by atoms with van der Waals surface area (Å²) in [4.78, 5) is 36.3. The number of amides is 2. The van der Waals surface area contributed by atoms with Crippen molar-refractivity contribution in [2.24, 2.45) is 0 Å². The van der Waals surface area contributed by atoms with Crippen LogP contribution >= 0.6 is 11.6 Å². The molecule has 0 spiro atoms. The van der Waals surface area contributed by atoms with Crippen LogP contribution in [-0.4, -0.2) is 36.9 Å². The molecule has 1 aliphatic rings. The first-order valence-electron chi connectivity index (χ1n) is 9.66.